The normalized spacial score (nSPS) is 14.8. The van der Waals surface area contributed by atoms with Crippen LogP contribution in [0.25, 0.3) is 0 Å². The molecular weight excluding hydrogens is 425 g/mol. The van der Waals surface area contributed by atoms with Crippen LogP contribution in [0.3, 0.4) is 0 Å². The molecule has 0 spiro atoms. The van der Waals surface area contributed by atoms with Crippen LogP contribution >= 0.6 is 11.6 Å². The standard InChI is InChI=1S/C18H25ClFNO3.C5H10O2/c1-18(2,3)24-17(22)13-10-14(19)16(11-15(13)20)23-9-6-12-4-7-21-8-5-12;1-5(2,3)7-4-6/h10-12,21H,4-9H2,1-3H3;4H,1-3H3. The number of nitrogens with one attached hydrogen (secondary N) is 1. The van der Waals surface area contributed by atoms with E-state index >= 15 is 0 Å². The number of carbonyl (C=O) groups is 2. The molecule has 0 aliphatic carbocycles. The van der Waals surface area contributed by atoms with Gasteiger partial charge in [-0.05, 0) is 85.9 Å². The summed E-state index contributed by atoms with van der Waals surface area (Å²) >= 11 is 6.13. The molecule has 1 aromatic carbocycles. The van der Waals surface area contributed by atoms with Crippen molar-refractivity contribution in [1.29, 1.82) is 0 Å². The zero-order valence-electron chi connectivity index (χ0n) is 19.3. The van der Waals surface area contributed by atoms with Crippen molar-refractivity contribution in [3.63, 3.8) is 0 Å². The number of rotatable bonds is 6. The van der Waals surface area contributed by atoms with Gasteiger partial charge >= 0.3 is 5.97 Å². The van der Waals surface area contributed by atoms with E-state index in [2.05, 4.69) is 10.1 Å². The van der Waals surface area contributed by atoms with E-state index in [4.69, 9.17) is 21.1 Å². The Balaban J connectivity index is 0.000000592. The number of halogens is 2. The van der Waals surface area contributed by atoms with Crippen molar-refractivity contribution in [2.24, 2.45) is 5.92 Å². The van der Waals surface area contributed by atoms with Crippen molar-refractivity contribution in [3.05, 3.63) is 28.5 Å². The SMILES string of the molecule is CC(C)(C)OC(=O)c1cc(Cl)c(OCCC2CCNCC2)cc1F.CC(C)(C)OC=O. The van der Waals surface area contributed by atoms with Gasteiger partial charge in [0.15, 0.2) is 0 Å². The Kier molecular flexibility index (Phi) is 10.7. The number of esters is 1. The molecule has 1 aliphatic rings. The number of carbonyl (C=O) groups excluding carboxylic acids is 2. The summed E-state index contributed by atoms with van der Waals surface area (Å²) in [7, 11) is 0. The largest absolute Gasteiger partial charge is 0.492 e. The second-order valence-corrected chi connectivity index (χ2v) is 9.83. The highest BCUT2D eigenvalue weighted by Gasteiger charge is 2.23. The molecule has 1 saturated heterocycles. The van der Waals surface area contributed by atoms with E-state index in [0.717, 1.165) is 38.4 Å². The van der Waals surface area contributed by atoms with Crippen molar-refractivity contribution in [1.82, 2.24) is 5.32 Å². The Bertz CT molecular complexity index is 722. The van der Waals surface area contributed by atoms with Gasteiger partial charge in [-0.25, -0.2) is 9.18 Å². The molecule has 1 aromatic rings. The smallest absolute Gasteiger partial charge is 0.341 e. The summed E-state index contributed by atoms with van der Waals surface area (Å²) in [6.07, 6.45) is 3.17. The zero-order valence-corrected chi connectivity index (χ0v) is 20.1. The van der Waals surface area contributed by atoms with Gasteiger partial charge in [-0.2, -0.15) is 0 Å². The van der Waals surface area contributed by atoms with Crippen LogP contribution in [0.2, 0.25) is 5.02 Å². The van der Waals surface area contributed by atoms with Crippen LogP contribution in [-0.4, -0.2) is 43.3 Å². The number of hydrogen-bond acceptors (Lipinski definition) is 6. The fraction of sp³-hybridized carbons (Fsp3) is 0.652. The second kappa shape index (κ2) is 12.2. The van der Waals surface area contributed by atoms with Crippen molar-refractivity contribution >= 4 is 24.0 Å². The zero-order chi connectivity index (χ0) is 23.7. The van der Waals surface area contributed by atoms with Crippen molar-refractivity contribution in [3.8, 4) is 5.75 Å². The molecule has 1 fully saturated rings. The predicted molar refractivity (Wildman–Crippen MR) is 119 cm³/mol. The molecule has 0 radical (unpaired) electrons. The molecule has 0 unspecified atom stereocenters. The molecule has 8 heteroatoms. The van der Waals surface area contributed by atoms with Crippen molar-refractivity contribution in [2.75, 3.05) is 19.7 Å². The van der Waals surface area contributed by atoms with Gasteiger partial charge in [0, 0.05) is 6.07 Å². The lowest BCUT2D eigenvalue weighted by atomic mass is 9.95. The van der Waals surface area contributed by atoms with Gasteiger partial charge in [-0.3, -0.25) is 4.79 Å². The summed E-state index contributed by atoms with van der Waals surface area (Å²) in [6.45, 7) is 13.6. The lowest BCUT2D eigenvalue weighted by molar-refractivity contribution is -0.138. The summed E-state index contributed by atoms with van der Waals surface area (Å²) < 4.78 is 29.5. The first kappa shape index (κ1) is 27.2. The molecule has 1 aliphatic heterocycles. The van der Waals surface area contributed by atoms with Gasteiger partial charge in [0.1, 0.15) is 22.8 Å². The van der Waals surface area contributed by atoms with E-state index in [1.807, 2.05) is 20.8 Å². The average Bonchev–Trinajstić information content (AvgIpc) is 2.63. The van der Waals surface area contributed by atoms with E-state index < -0.39 is 17.4 Å². The number of hydrogen-bond donors (Lipinski definition) is 1. The predicted octanol–water partition coefficient (Wildman–Crippen LogP) is 5.16. The monoisotopic (exact) mass is 459 g/mol. The fourth-order valence-electron chi connectivity index (χ4n) is 2.78. The van der Waals surface area contributed by atoms with E-state index in [9.17, 15) is 14.0 Å². The maximum absolute atomic E-state index is 14.2. The van der Waals surface area contributed by atoms with Crippen molar-refractivity contribution < 1.29 is 28.2 Å². The van der Waals surface area contributed by atoms with Crippen LogP contribution in [0.5, 0.6) is 5.75 Å². The number of piperidine rings is 1. The maximum atomic E-state index is 14.2. The quantitative estimate of drug-likeness (QED) is 0.467. The Morgan fingerprint density at radius 2 is 1.77 bits per heavy atom. The highest BCUT2D eigenvalue weighted by atomic mass is 35.5. The molecule has 0 aromatic heterocycles. The molecule has 2 rings (SSSR count). The number of benzene rings is 1. The summed E-state index contributed by atoms with van der Waals surface area (Å²) in [5, 5.41) is 3.53. The lowest BCUT2D eigenvalue weighted by Crippen LogP contribution is -2.28. The van der Waals surface area contributed by atoms with Crippen molar-refractivity contribution in [2.45, 2.75) is 72.0 Å². The summed E-state index contributed by atoms with van der Waals surface area (Å²) in [5.74, 6) is -0.542. The van der Waals surface area contributed by atoms with Crippen LogP contribution < -0.4 is 10.1 Å². The molecule has 0 saturated carbocycles. The fourth-order valence-corrected chi connectivity index (χ4v) is 3.00. The molecule has 6 nitrogen and oxygen atoms in total. The first-order chi connectivity index (χ1) is 14.3. The van der Waals surface area contributed by atoms with Gasteiger partial charge in [-0.15, -0.1) is 0 Å². The van der Waals surface area contributed by atoms with Gasteiger partial charge in [0.2, 0.25) is 0 Å². The molecule has 1 N–H and O–H groups in total. The summed E-state index contributed by atoms with van der Waals surface area (Å²) in [5.41, 5.74) is -1.19. The van der Waals surface area contributed by atoms with E-state index in [0.29, 0.717) is 19.0 Å². The highest BCUT2D eigenvalue weighted by molar-refractivity contribution is 6.32. The van der Waals surface area contributed by atoms with Crippen LogP contribution in [0.4, 0.5) is 4.39 Å². The third kappa shape index (κ3) is 11.4. The number of ether oxygens (including phenoxy) is 3. The van der Waals surface area contributed by atoms with Gasteiger partial charge in [0.05, 0.1) is 17.2 Å². The maximum Gasteiger partial charge on any atom is 0.341 e. The van der Waals surface area contributed by atoms with E-state index in [1.165, 1.54) is 6.07 Å². The third-order valence-electron chi connectivity index (χ3n) is 4.28. The molecule has 0 bridgehead atoms. The summed E-state index contributed by atoms with van der Waals surface area (Å²) in [6, 6.07) is 2.43. The molecule has 176 valence electrons. The minimum atomic E-state index is -0.733. The van der Waals surface area contributed by atoms with Gasteiger partial charge < -0.3 is 19.5 Å². The van der Waals surface area contributed by atoms with Crippen LogP contribution in [0.1, 0.15) is 71.2 Å². The third-order valence-corrected chi connectivity index (χ3v) is 4.58. The Morgan fingerprint density at radius 3 is 2.26 bits per heavy atom. The second-order valence-electron chi connectivity index (χ2n) is 9.42. The Labute approximate surface area is 189 Å². The first-order valence-corrected chi connectivity index (χ1v) is 10.9. The topological polar surface area (TPSA) is 73.9 Å². The summed E-state index contributed by atoms with van der Waals surface area (Å²) in [4.78, 5) is 21.6. The average molecular weight is 460 g/mol. The van der Waals surface area contributed by atoms with Crippen LogP contribution in [0.15, 0.2) is 12.1 Å². The van der Waals surface area contributed by atoms with E-state index in [-0.39, 0.29) is 21.9 Å². The van der Waals surface area contributed by atoms with Crippen LogP contribution in [-0.2, 0) is 14.3 Å². The van der Waals surface area contributed by atoms with Gasteiger partial charge in [-0.1, -0.05) is 11.6 Å². The van der Waals surface area contributed by atoms with E-state index in [1.54, 1.807) is 20.8 Å². The Morgan fingerprint density at radius 1 is 1.16 bits per heavy atom. The first-order valence-electron chi connectivity index (χ1n) is 10.5. The Hall–Kier alpha value is -1.86. The molecule has 0 amide bonds. The molecular formula is C23H35ClFNO5. The molecule has 0 atom stereocenters. The molecule has 1 heterocycles. The molecule has 31 heavy (non-hydrogen) atoms. The van der Waals surface area contributed by atoms with Crippen LogP contribution in [0, 0.1) is 11.7 Å². The minimum Gasteiger partial charge on any atom is -0.492 e. The highest BCUT2D eigenvalue weighted by Crippen LogP contribution is 2.29. The van der Waals surface area contributed by atoms with Gasteiger partial charge in [0.25, 0.3) is 6.47 Å². The lowest BCUT2D eigenvalue weighted by Gasteiger charge is -2.22. The minimum absolute atomic E-state index is 0.180.